The van der Waals surface area contributed by atoms with Crippen LogP contribution in [0.15, 0.2) is 0 Å². The summed E-state index contributed by atoms with van der Waals surface area (Å²) in [5, 5.41) is 0. The number of hydrogen-bond donors (Lipinski definition) is 1. The van der Waals surface area contributed by atoms with Crippen LogP contribution in [0.5, 0.6) is 0 Å². The Balaban J connectivity index is 2.42. The molecule has 0 aromatic carbocycles. The molecule has 1 aliphatic heterocycles. The van der Waals surface area contributed by atoms with E-state index in [2.05, 4.69) is 4.90 Å². The zero-order valence-corrected chi connectivity index (χ0v) is 9.79. The highest BCUT2D eigenvalue weighted by atomic mass is 16.5. The van der Waals surface area contributed by atoms with Crippen LogP contribution in [-0.4, -0.2) is 42.6 Å². The number of nitrogens with zero attached hydrogens (tertiary/aromatic N) is 1. The van der Waals surface area contributed by atoms with Gasteiger partial charge in [0.2, 0.25) is 0 Å². The monoisotopic (exact) mass is 214 g/mol. The number of carbonyl (C=O) groups is 1. The van der Waals surface area contributed by atoms with Crippen molar-refractivity contribution in [2.45, 2.75) is 38.6 Å². The van der Waals surface area contributed by atoms with E-state index in [1.807, 2.05) is 0 Å². The average Bonchev–Trinajstić information content (AvgIpc) is 2.19. The number of carbonyl (C=O) groups excluding carboxylic acids is 1. The average molecular weight is 214 g/mol. The molecule has 0 spiro atoms. The molecule has 0 radical (unpaired) electrons. The lowest BCUT2D eigenvalue weighted by Gasteiger charge is -2.33. The van der Waals surface area contributed by atoms with Crippen LogP contribution in [0.1, 0.15) is 33.1 Å². The summed E-state index contributed by atoms with van der Waals surface area (Å²) < 4.78 is 4.96. The van der Waals surface area contributed by atoms with Gasteiger partial charge < -0.3 is 15.4 Å². The van der Waals surface area contributed by atoms with E-state index in [0.717, 1.165) is 13.1 Å². The Morgan fingerprint density at radius 3 is 2.53 bits per heavy atom. The predicted octanol–water partition coefficient (Wildman–Crippen LogP) is 0.753. The molecule has 0 aliphatic carbocycles. The van der Waals surface area contributed by atoms with Gasteiger partial charge in [-0.25, -0.2) is 0 Å². The van der Waals surface area contributed by atoms with Crippen LogP contribution in [0.3, 0.4) is 0 Å². The van der Waals surface area contributed by atoms with E-state index in [1.54, 1.807) is 13.8 Å². The van der Waals surface area contributed by atoms with Crippen molar-refractivity contribution in [2.24, 2.45) is 5.73 Å². The maximum Gasteiger partial charge on any atom is 0.327 e. The third kappa shape index (κ3) is 3.80. The summed E-state index contributed by atoms with van der Waals surface area (Å²) in [6, 6.07) is 0. The van der Waals surface area contributed by atoms with Crippen molar-refractivity contribution in [1.82, 2.24) is 4.90 Å². The number of likely N-dealkylation sites (tertiary alicyclic amines) is 1. The van der Waals surface area contributed by atoms with E-state index in [9.17, 15) is 4.79 Å². The molecule has 2 N–H and O–H groups in total. The molecule has 0 aromatic rings. The second-order valence-corrected chi connectivity index (χ2v) is 4.47. The lowest BCUT2D eigenvalue weighted by atomic mass is 10.0. The first-order valence-corrected chi connectivity index (χ1v) is 5.74. The van der Waals surface area contributed by atoms with Gasteiger partial charge >= 0.3 is 5.97 Å². The van der Waals surface area contributed by atoms with Gasteiger partial charge in [-0.05, 0) is 39.8 Å². The van der Waals surface area contributed by atoms with Crippen molar-refractivity contribution in [3.05, 3.63) is 0 Å². The van der Waals surface area contributed by atoms with Crippen molar-refractivity contribution in [3.8, 4) is 0 Å². The molecule has 1 heterocycles. The Kier molecular flexibility index (Phi) is 4.54. The number of hydrogen-bond acceptors (Lipinski definition) is 4. The molecule has 0 aromatic heterocycles. The Morgan fingerprint density at radius 1 is 1.40 bits per heavy atom. The van der Waals surface area contributed by atoms with Gasteiger partial charge in [0.15, 0.2) is 0 Å². The summed E-state index contributed by atoms with van der Waals surface area (Å²) in [6.07, 6.45) is 3.70. The molecule has 1 unspecified atom stereocenters. The summed E-state index contributed by atoms with van der Waals surface area (Å²) >= 11 is 0. The quantitative estimate of drug-likeness (QED) is 0.702. The Hall–Kier alpha value is -0.610. The van der Waals surface area contributed by atoms with E-state index in [0.29, 0.717) is 13.2 Å². The van der Waals surface area contributed by atoms with Gasteiger partial charge in [0, 0.05) is 6.54 Å². The standard InChI is InChI=1S/C11H22N2O2/c1-3-15-10(14)11(2,12)9-13-7-5-4-6-8-13/h3-9,12H2,1-2H3. The van der Waals surface area contributed by atoms with Gasteiger partial charge in [-0.1, -0.05) is 6.42 Å². The van der Waals surface area contributed by atoms with Crippen molar-refractivity contribution in [2.75, 3.05) is 26.2 Å². The summed E-state index contributed by atoms with van der Waals surface area (Å²) in [5.41, 5.74) is 5.09. The summed E-state index contributed by atoms with van der Waals surface area (Å²) in [7, 11) is 0. The number of piperidine rings is 1. The molecule has 1 fully saturated rings. The van der Waals surface area contributed by atoms with Crippen LogP contribution in [0.25, 0.3) is 0 Å². The predicted molar refractivity (Wildman–Crippen MR) is 59.5 cm³/mol. The van der Waals surface area contributed by atoms with Crippen molar-refractivity contribution >= 4 is 5.97 Å². The molecule has 88 valence electrons. The minimum absolute atomic E-state index is 0.296. The lowest BCUT2D eigenvalue weighted by molar-refractivity contribution is -0.149. The van der Waals surface area contributed by atoms with E-state index >= 15 is 0 Å². The molecule has 4 heteroatoms. The molecule has 0 amide bonds. The fourth-order valence-corrected chi connectivity index (χ4v) is 1.94. The van der Waals surface area contributed by atoms with Crippen molar-refractivity contribution < 1.29 is 9.53 Å². The van der Waals surface area contributed by atoms with Crippen LogP contribution < -0.4 is 5.73 Å². The first-order chi connectivity index (χ1) is 7.06. The summed E-state index contributed by atoms with van der Waals surface area (Å²) in [5.74, 6) is -0.296. The zero-order chi connectivity index (χ0) is 11.3. The van der Waals surface area contributed by atoms with E-state index < -0.39 is 5.54 Å². The summed E-state index contributed by atoms with van der Waals surface area (Å²) in [4.78, 5) is 13.8. The Labute approximate surface area is 91.8 Å². The SMILES string of the molecule is CCOC(=O)C(C)(N)CN1CCCCC1. The molecule has 1 atom stereocenters. The number of ether oxygens (including phenoxy) is 1. The second kappa shape index (κ2) is 5.47. The second-order valence-electron chi connectivity index (χ2n) is 4.47. The maximum absolute atomic E-state index is 11.6. The number of esters is 1. The molecular formula is C11H22N2O2. The van der Waals surface area contributed by atoms with Gasteiger partial charge in [-0.2, -0.15) is 0 Å². The molecule has 1 saturated heterocycles. The van der Waals surface area contributed by atoms with E-state index in [1.165, 1.54) is 19.3 Å². The number of rotatable bonds is 4. The zero-order valence-electron chi connectivity index (χ0n) is 9.79. The van der Waals surface area contributed by atoms with Crippen LogP contribution in [0.4, 0.5) is 0 Å². The highest BCUT2D eigenvalue weighted by Crippen LogP contribution is 2.13. The third-order valence-corrected chi connectivity index (χ3v) is 2.74. The van der Waals surface area contributed by atoms with Crippen LogP contribution in [-0.2, 0) is 9.53 Å². The minimum Gasteiger partial charge on any atom is -0.465 e. The molecular weight excluding hydrogens is 192 g/mol. The van der Waals surface area contributed by atoms with Crippen LogP contribution in [0.2, 0.25) is 0 Å². The molecule has 0 saturated carbocycles. The van der Waals surface area contributed by atoms with E-state index in [-0.39, 0.29) is 5.97 Å². The van der Waals surface area contributed by atoms with Crippen molar-refractivity contribution in [3.63, 3.8) is 0 Å². The van der Waals surface area contributed by atoms with Gasteiger partial charge in [0.05, 0.1) is 6.61 Å². The van der Waals surface area contributed by atoms with Gasteiger partial charge in [-0.15, -0.1) is 0 Å². The van der Waals surface area contributed by atoms with Crippen molar-refractivity contribution in [1.29, 1.82) is 0 Å². The fourth-order valence-electron chi connectivity index (χ4n) is 1.94. The van der Waals surface area contributed by atoms with Gasteiger partial charge in [0.1, 0.15) is 5.54 Å². The van der Waals surface area contributed by atoms with Gasteiger partial charge in [-0.3, -0.25) is 4.79 Å². The number of nitrogens with two attached hydrogens (primary N) is 1. The molecule has 4 nitrogen and oxygen atoms in total. The molecule has 1 aliphatic rings. The van der Waals surface area contributed by atoms with E-state index in [4.69, 9.17) is 10.5 Å². The molecule has 1 rings (SSSR count). The van der Waals surface area contributed by atoms with Gasteiger partial charge in [0.25, 0.3) is 0 Å². The Morgan fingerprint density at radius 2 is 2.00 bits per heavy atom. The fraction of sp³-hybridized carbons (Fsp3) is 0.909. The highest BCUT2D eigenvalue weighted by Gasteiger charge is 2.32. The molecule has 15 heavy (non-hydrogen) atoms. The summed E-state index contributed by atoms with van der Waals surface area (Å²) in [6.45, 7) is 6.64. The minimum atomic E-state index is -0.868. The maximum atomic E-state index is 11.6. The lowest BCUT2D eigenvalue weighted by Crippen LogP contribution is -2.55. The topological polar surface area (TPSA) is 55.6 Å². The first-order valence-electron chi connectivity index (χ1n) is 5.74. The first kappa shape index (κ1) is 12.5. The molecule has 0 bridgehead atoms. The van der Waals surface area contributed by atoms with Crippen LogP contribution in [0, 0.1) is 0 Å². The van der Waals surface area contributed by atoms with Crippen LogP contribution >= 0.6 is 0 Å². The Bertz CT molecular complexity index is 211. The smallest absolute Gasteiger partial charge is 0.327 e. The third-order valence-electron chi connectivity index (χ3n) is 2.74. The largest absolute Gasteiger partial charge is 0.465 e. The highest BCUT2D eigenvalue weighted by molar-refractivity contribution is 5.80. The normalized spacial score (nSPS) is 22.1.